The maximum absolute atomic E-state index is 9.48. The van der Waals surface area contributed by atoms with Gasteiger partial charge in [0.15, 0.2) is 0 Å². The number of nitrogens with zero attached hydrogens (tertiary/aromatic N) is 3. The monoisotopic (exact) mass is 285 g/mol. The van der Waals surface area contributed by atoms with Crippen LogP contribution < -0.4 is 0 Å². The fourth-order valence-corrected chi connectivity index (χ4v) is 3.07. The van der Waals surface area contributed by atoms with E-state index in [9.17, 15) is 5.11 Å². The second-order valence-corrected chi connectivity index (χ2v) is 5.67. The van der Waals surface area contributed by atoms with Gasteiger partial charge < -0.3 is 5.11 Å². The van der Waals surface area contributed by atoms with Crippen LogP contribution in [-0.4, -0.2) is 20.1 Å². The van der Waals surface area contributed by atoms with E-state index in [2.05, 4.69) is 36.3 Å². The van der Waals surface area contributed by atoms with Gasteiger partial charge in [-0.15, -0.1) is 16.4 Å². The van der Waals surface area contributed by atoms with Crippen molar-refractivity contribution in [3.63, 3.8) is 0 Å². The summed E-state index contributed by atoms with van der Waals surface area (Å²) in [5, 5.41) is 19.8. The summed E-state index contributed by atoms with van der Waals surface area (Å²) >= 11 is 1.62. The minimum atomic E-state index is -0.113. The second-order valence-electron chi connectivity index (χ2n) is 4.72. The third-order valence-corrected chi connectivity index (χ3v) is 4.10. The zero-order valence-electron chi connectivity index (χ0n) is 11.4. The van der Waals surface area contributed by atoms with Gasteiger partial charge in [-0.2, -0.15) is 0 Å². The lowest BCUT2D eigenvalue weighted by atomic mass is 10.1. The molecule has 0 fully saturated rings. The van der Waals surface area contributed by atoms with Crippen LogP contribution in [0.3, 0.4) is 0 Å². The van der Waals surface area contributed by atoms with Gasteiger partial charge >= 0.3 is 0 Å². The maximum atomic E-state index is 9.48. The van der Waals surface area contributed by atoms with Crippen LogP contribution in [-0.2, 0) is 6.61 Å². The largest absolute Gasteiger partial charge is 0.390 e. The summed E-state index contributed by atoms with van der Waals surface area (Å²) in [7, 11) is 0. The molecule has 1 aromatic carbocycles. The van der Waals surface area contributed by atoms with E-state index in [1.807, 2.05) is 28.3 Å². The Morgan fingerprint density at radius 3 is 2.75 bits per heavy atom. The van der Waals surface area contributed by atoms with Gasteiger partial charge in [-0.05, 0) is 36.9 Å². The van der Waals surface area contributed by atoms with Crippen LogP contribution in [0.5, 0.6) is 0 Å². The average molecular weight is 285 g/mol. The number of aliphatic hydroxyl groups is 1. The molecule has 0 aliphatic rings. The molecule has 0 spiro atoms. The zero-order valence-corrected chi connectivity index (χ0v) is 12.2. The molecule has 0 bridgehead atoms. The maximum Gasteiger partial charge on any atom is 0.117 e. The second kappa shape index (κ2) is 5.19. The molecule has 0 saturated carbocycles. The van der Waals surface area contributed by atoms with Gasteiger partial charge in [-0.25, -0.2) is 4.68 Å². The molecule has 102 valence electrons. The van der Waals surface area contributed by atoms with E-state index in [1.165, 1.54) is 5.56 Å². The van der Waals surface area contributed by atoms with E-state index in [0.29, 0.717) is 5.69 Å². The van der Waals surface area contributed by atoms with Gasteiger partial charge in [0.2, 0.25) is 0 Å². The lowest BCUT2D eigenvalue weighted by Crippen LogP contribution is -2.02. The molecule has 5 heteroatoms. The highest BCUT2D eigenvalue weighted by molar-refractivity contribution is 7.13. The summed E-state index contributed by atoms with van der Waals surface area (Å²) in [6, 6.07) is 10.2. The van der Waals surface area contributed by atoms with Crippen molar-refractivity contribution in [2.24, 2.45) is 0 Å². The predicted octanol–water partition coefficient (Wildman–Crippen LogP) is 3.10. The number of hydrogen-bond acceptors (Lipinski definition) is 4. The van der Waals surface area contributed by atoms with E-state index < -0.39 is 0 Å². The molecule has 0 unspecified atom stereocenters. The summed E-state index contributed by atoms with van der Waals surface area (Å²) in [5.41, 5.74) is 4.82. The highest BCUT2D eigenvalue weighted by atomic mass is 32.1. The molecule has 4 nitrogen and oxygen atoms in total. The van der Waals surface area contributed by atoms with Crippen molar-refractivity contribution < 1.29 is 5.11 Å². The number of aromatic nitrogens is 3. The van der Waals surface area contributed by atoms with Crippen molar-refractivity contribution in [3.8, 4) is 16.3 Å². The van der Waals surface area contributed by atoms with Crippen LogP contribution in [0.25, 0.3) is 16.3 Å². The summed E-state index contributed by atoms with van der Waals surface area (Å²) in [6.45, 7) is 4.01. The van der Waals surface area contributed by atoms with Gasteiger partial charge in [0.25, 0.3) is 0 Å². The van der Waals surface area contributed by atoms with E-state index in [4.69, 9.17) is 0 Å². The normalized spacial score (nSPS) is 10.9. The highest BCUT2D eigenvalue weighted by Gasteiger charge is 2.17. The first kappa shape index (κ1) is 13.0. The number of thiophene rings is 1. The topological polar surface area (TPSA) is 50.9 Å². The van der Waals surface area contributed by atoms with Gasteiger partial charge in [-0.1, -0.05) is 29.0 Å². The van der Waals surface area contributed by atoms with Crippen LogP contribution >= 0.6 is 11.3 Å². The van der Waals surface area contributed by atoms with Crippen molar-refractivity contribution in [1.82, 2.24) is 15.0 Å². The van der Waals surface area contributed by atoms with Crippen molar-refractivity contribution in [1.29, 1.82) is 0 Å². The Balaban J connectivity index is 2.22. The molecule has 1 N–H and O–H groups in total. The van der Waals surface area contributed by atoms with Crippen LogP contribution in [0.1, 0.15) is 16.8 Å². The van der Waals surface area contributed by atoms with Crippen molar-refractivity contribution in [3.05, 3.63) is 52.5 Å². The lowest BCUT2D eigenvalue weighted by Gasteiger charge is -2.09. The number of aryl methyl sites for hydroxylation is 2. The molecule has 0 radical (unpaired) electrons. The van der Waals surface area contributed by atoms with Crippen molar-refractivity contribution in [2.45, 2.75) is 20.5 Å². The number of benzene rings is 1. The molecule has 20 heavy (non-hydrogen) atoms. The van der Waals surface area contributed by atoms with E-state index in [0.717, 1.165) is 21.8 Å². The van der Waals surface area contributed by atoms with Crippen molar-refractivity contribution >= 4 is 11.3 Å². The van der Waals surface area contributed by atoms with Gasteiger partial charge in [-0.3, -0.25) is 0 Å². The molecule has 2 heterocycles. The summed E-state index contributed by atoms with van der Waals surface area (Å²) < 4.78 is 1.81. The SMILES string of the molecule is Cc1ccc(-n2nnc(CO)c2-c2cccs2)c(C)c1. The Morgan fingerprint density at radius 2 is 2.10 bits per heavy atom. The van der Waals surface area contributed by atoms with Crippen LogP contribution in [0.15, 0.2) is 35.7 Å². The Labute approximate surface area is 121 Å². The van der Waals surface area contributed by atoms with E-state index in [1.54, 1.807) is 11.3 Å². The van der Waals surface area contributed by atoms with Gasteiger partial charge in [0, 0.05) is 0 Å². The number of aliphatic hydroxyl groups excluding tert-OH is 1. The third-order valence-electron chi connectivity index (χ3n) is 3.22. The molecule has 0 aliphatic heterocycles. The van der Waals surface area contributed by atoms with Crippen LogP contribution in [0.4, 0.5) is 0 Å². The minimum Gasteiger partial charge on any atom is -0.390 e. The molecule has 3 aromatic rings. The molecule has 2 aromatic heterocycles. The van der Waals surface area contributed by atoms with E-state index >= 15 is 0 Å². The fraction of sp³-hybridized carbons (Fsp3) is 0.200. The average Bonchev–Trinajstić information content (AvgIpc) is 3.06. The van der Waals surface area contributed by atoms with Crippen molar-refractivity contribution in [2.75, 3.05) is 0 Å². The molecule has 3 rings (SSSR count). The first-order chi connectivity index (χ1) is 9.70. The molecule has 0 atom stereocenters. The first-order valence-corrected chi connectivity index (χ1v) is 7.25. The summed E-state index contributed by atoms with van der Waals surface area (Å²) in [5.74, 6) is 0. The Hall–Kier alpha value is -1.98. The highest BCUT2D eigenvalue weighted by Crippen LogP contribution is 2.30. The van der Waals surface area contributed by atoms with Gasteiger partial charge in [0.1, 0.15) is 11.4 Å². The Bertz CT molecular complexity index is 732. The van der Waals surface area contributed by atoms with Crippen LogP contribution in [0, 0.1) is 13.8 Å². The fourth-order valence-electron chi connectivity index (χ4n) is 2.29. The molecule has 0 amide bonds. The van der Waals surface area contributed by atoms with E-state index in [-0.39, 0.29) is 6.61 Å². The number of rotatable bonds is 3. The predicted molar refractivity (Wildman–Crippen MR) is 80.1 cm³/mol. The first-order valence-electron chi connectivity index (χ1n) is 6.37. The number of hydrogen-bond donors (Lipinski definition) is 1. The molecule has 0 saturated heterocycles. The molecule has 0 aliphatic carbocycles. The van der Waals surface area contributed by atoms with Crippen LogP contribution in [0.2, 0.25) is 0 Å². The zero-order chi connectivity index (χ0) is 14.1. The Kier molecular flexibility index (Phi) is 3.38. The summed E-state index contributed by atoms with van der Waals surface area (Å²) in [6.07, 6.45) is 0. The smallest absolute Gasteiger partial charge is 0.117 e. The standard InChI is InChI=1S/C15H15N3OS/c1-10-5-6-13(11(2)8-10)18-15(12(9-19)16-17-18)14-4-3-7-20-14/h3-8,19H,9H2,1-2H3. The third kappa shape index (κ3) is 2.15. The molecular weight excluding hydrogens is 270 g/mol. The summed E-state index contributed by atoms with van der Waals surface area (Å²) in [4.78, 5) is 1.05. The quantitative estimate of drug-likeness (QED) is 0.804. The Morgan fingerprint density at radius 1 is 1.25 bits per heavy atom. The van der Waals surface area contributed by atoms with Gasteiger partial charge in [0.05, 0.1) is 17.2 Å². The molecular formula is C15H15N3OS. The lowest BCUT2D eigenvalue weighted by molar-refractivity contribution is 0.277. The minimum absolute atomic E-state index is 0.113.